The monoisotopic (exact) mass is 527 g/mol. The van der Waals surface area contributed by atoms with E-state index in [0.717, 1.165) is 42.1 Å². The summed E-state index contributed by atoms with van der Waals surface area (Å²) in [6.07, 6.45) is 3.71. The van der Waals surface area contributed by atoms with E-state index in [2.05, 4.69) is 51.8 Å². The van der Waals surface area contributed by atoms with Gasteiger partial charge >= 0.3 is 6.03 Å². The van der Waals surface area contributed by atoms with Crippen molar-refractivity contribution >= 4 is 11.8 Å². The number of benzene rings is 2. The SMILES string of the molecule is COCCN1C[C@@H](CNC(=O)Nc2c(C)c(-c3cnn(C)c3)nn2-c2ccccc2)[C@](C)(c2ccccc2)C1. The number of rotatable bonds is 9. The van der Waals surface area contributed by atoms with Crippen molar-refractivity contribution in [2.24, 2.45) is 13.0 Å². The van der Waals surface area contributed by atoms with Crippen molar-refractivity contribution in [3.63, 3.8) is 0 Å². The maximum atomic E-state index is 13.3. The molecule has 0 aliphatic carbocycles. The van der Waals surface area contributed by atoms with E-state index in [0.29, 0.717) is 19.0 Å². The van der Waals surface area contributed by atoms with Crippen LogP contribution >= 0.6 is 0 Å². The zero-order valence-corrected chi connectivity index (χ0v) is 23.1. The lowest BCUT2D eigenvalue weighted by Crippen LogP contribution is -2.41. The highest BCUT2D eigenvalue weighted by Gasteiger charge is 2.43. The molecule has 5 rings (SSSR count). The van der Waals surface area contributed by atoms with Crippen molar-refractivity contribution in [2.45, 2.75) is 19.3 Å². The Kier molecular flexibility index (Phi) is 7.81. The number of aryl methyl sites for hydroxylation is 1. The van der Waals surface area contributed by atoms with E-state index in [4.69, 9.17) is 9.84 Å². The molecule has 9 heteroatoms. The van der Waals surface area contributed by atoms with Crippen LogP contribution < -0.4 is 10.6 Å². The molecule has 1 fully saturated rings. The molecule has 204 valence electrons. The van der Waals surface area contributed by atoms with Crippen molar-refractivity contribution in [3.8, 4) is 16.9 Å². The summed E-state index contributed by atoms with van der Waals surface area (Å²) in [5.41, 5.74) is 4.63. The molecule has 2 aromatic carbocycles. The Morgan fingerprint density at radius 1 is 1.13 bits per heavy atom. The van der Waals surface area contributed by atoms with E-state index in [-0.39, 0.29) is 17.4 Å². The number of hydrogen-bond donors (Lipinski definition) is 2. The van der Waals surface area contributed by atoms with Crippen LogP contribution in [0, 0.1) is 12.8 Å². The molecule has 1 saturated heterocycles. The molecule has 0 bridgehead atoms. The predicted octanol–water partition coefficient (Wildman–Crippen LogP) is 4.24. The first-order chi connectivity index (χ1) is 18.9. The van der Waals surface area contributed by atoms with Crippen LogP contribution in [0.25, 0.3) is 16.9 Å². The molecule has 0 radical (unpaired) electrons. The van der Waals surface area contributed by atoms with Gasteiger partial charge in [-0.15, -0.1) is 0 Å². The molecule has 0 spiro atoms. The van der Waals surface area contributed by atoms with Crippen molar-refractivity contribution in [3.05, 3.63) is 84.2 Å². The number of likely N-dealkylation sites (tertiary alicyclic amines) is 1. The van der Waals surface area contributed by atoms with Crippen LogP contribution in [0.3, 0.4) is 0 Å². The van der Waals surface area contributed by atoms with Crippen molar-refractivity contribution in [1.82, 2.24) is 29.8 Å². The molecule has 1 aliphatic heterocycles. The lowest BCUT2D eigenvalue weighted by Gasteiger charge is -2.31. The number of carbonyl (C=O) groups is 1. The number of nitrogens with zero attached hydrogens (tertiary/aromatic N) is 5. The van der Waals surface area contributed by atoms with E-state index in [1.165, 1.54) is 5.56 Å². The third-order valence-corrected chi connectivity index (χ3v) is 7.82. The normalized spacial score (nSPS) is 19.3. The van der Waals surface area contributed by atoms with Crippen LogP contribution in [0.2, 0.25) is 0 Å². The third kappa shape index (κ3) is 5.60. The second kappa shape index (κ2) is 11.4. The van der Waals surface area contributed by atoms with Gasteiger partial charge in [-0.25, -0.2) is 9.48 Å². The molecular formula is C30H37N7O2. The molecule has 3 heterocycles. The standard InChI is InChI=1S/C30H37N7O2/c1-22-27(23-17-32-35(3)19-23)34-37(26-13-9-6-10-14-26)28(22)33-29(38)31-18-25-20-36(15-16-39-4)21-30(25,2)24-11-7-5-8-12-24/h5-14,17,19,25H,15-16,18,20-21H2,1-4H3,(H2,31,33,38)/t25-,30+/m1/s1. The van der Waals surface area contributed by atoms with Gasteiger partial charge in [-0.1, -0.05) is 55.5 Å². The molecule has 2 atom stereocenters. The fraction of sp³-hybridized carbons (Fsp3) is 0.367. The van der Waals surface area contributed by atoms with E-state index >= 15 is 0 Å². The second-order valence-electron chi connectivity index (χ2n) is 10.5. The molecule has 0 unspecified atom stereocenters. The lowest BCUT2D eigenvalue weighted by atomic mass is 9.74. The average molecular weight is 528 g/mol. The van der Waals surface area contributed by atoms with Gasteiger partial charge in [-0.2, -0.15) is 10.2 Å². The maximum absolute atomic E-state index is 13.3. The zero-order valence-electron chi connectivity index (χ0n) is 23.1. The number of methoxy groups -OCH3 is 1. The number of hydrogen-bond acceptors (Lipinski definition) is 5. The first-order valence-electron chi connectivity index (χ1n) is 13.3. The van der Waals surface area contributed by atoms with Gasteiger partial charge in [0.05, 0.1) is 18.5 Å². The molecule has 39 heavy (non-hydrogen) atoms. The number of nitrogens with one attached hydrogen (secondary N) is 2. The van der Waals surface area contributed by atoms with E-state index in [1.807, 2.05) is 56.6 Å². The summed E-state index contributed by atoms with van der Waals surface area (Å²) >= 11 is 0. The smallest absolute Gasteiger partial charge is 0.320 e. The third-order valence-electron chi connectivity index (χ3n) is 7.82. The minimum atomic E-state index is -0.251. The summed E-state index contributed by atoms with van der Waals surface area (Å²) in [4.78, 5) is 15.8. The van der Waals surface area contributed by atoms with Crippen LogP contribution in [0.15, 0.2) is 73.1 Å². The van der Waals surface area contributed by atoms with Gasteiger partial charge in [0.2, 0.25) is 0 Å². The molecule has 2 N–H and O–H groups in total. The van der Waals surface area contributed by atoms with E-state index in [1.54, 1.807) is 22.7 Å². The van der Waals surface area contributed by atoms with Gasteiger partial charge in [0.25, 0.3) is 0 Å². The highest BCUT2D eigenvalue weighted by Crippen LogP contribution is 2.38. The Morgan fingerprint density at radius 3 is 2.51 bits per heavy atom. The van der Waals surface area contributed by atoms with Crippen LogP contribution in [-0.2, 0) is 17.2 Å². The fourth-order valence-electron chi connectivity index (χ4n) is 5.58. The van der Waals surface area contributed by atoms with Gasteiger partial charge < -0.3 is 10.1 Å². The quantitative estimate of drug-likeness (QED) is 0.340. The summed E-state index contributed by atoms with van der Waals surface area (Å²) in [5.74, 6) is 0.880. The molecule has 9 nitrogen and oxygen atoms in total. The van der Waals surface area contributed by atoms with Gasteiger partial charge in [-0.3, -0.25) is 14.9 Å². The molecular weight excluding hydrogens is 490 g/mol. The number of carbonyl (C=O) groups excluding carboxylic acids is 1. The van der Waals surface area contributed by atoms with Gasteiger partial charge in [0.15, 0.2) is 0 Å². The molecule has 1 aliphatic rings. The number of aromatic nitrogens is 4. The molecule has 0 saturated carbocycles. The number of anilines is 1. The van der Waals surface area contributed by atoms with Crippen LogP contribution in [-0.4, -0.2) is 70.4 Å². The number of amides is 2. The minimum absolute atomic E-state index is 0.0858. The second-order valence-corrected chi connectivity index (χ2v) is 10.5. The topological polar surface area (TPSA) is 89.2 Å². The summed E-state index contributed by atoms with van der Waals surface area (Å²) in [6, 6.07) is 20.2. The number of urea groups is 1. The Bertz CT molecular complexity index is 1400. The largest absolute Gasteiger partial charge is 0.383 e. The minimum Gasteiger partial charge on any atom is -0.383 e. The predicted molar refractivity (Wildman–Crippen MR) is 153 cm³/mol. The average Bonchev–Trinajstić information content (AvgIpc) is 3.63. The van der Waals surface area contributed by atoms with Crippen molar-refractivity contribution in [2.75, 3.05) is 45.2 Å². The Balaban J connectivity index is 1.36. The van der Waals surface area contributed by atoms with Crippen molar-refractivity contribution in [1.29, 1.82) is 0 Å². The Morgan fingerprint density at radius 2 is 1.85 bits per heavy atom. The Hall–Kier alpha value is -3.95. The number of ether oxygens (including phenoxy) is 1. The van der Waals surface area contributed by atoms with E-state index < -0.39 is 0 Å². The Labute approximate surface area is 229 Å². The fourth-order valence-corrected chi connectivity index (χ4v) is 5.58. The molecule has 4 aromatic rings. The molecule has 2 aromatic heterocycles. The summed E-state index contributed by atoms with van der Waals surface area (Å²) < 4.78 is 8.87. The van der Waals surface area contributed by atoms with Gasteiger partial charge in [0, 0.05) is 63.1 Å². The maximum Gasteiger partial charge on any atom is 0.320 e. The zero-order chi connectivity index (χ0) is 27.4. The highest BCUT2D eigenvalue weighted by molar-refractivity contribution is 5.90. The lowest BCUT2D eigenvalue weighted by molar-refractivity contribution is 0.157. The summed E-state index contributed by atoms with van der Waals surface area (Å²) in [7, 11) is 3.61. The van der Waals surface area contributed by atoms with Gasteiger partial charge in [0.1, 0.15) is 11.5 Å². The number of para-hydroxylation sites is 1. The first-order valence-corrected chi connectivity index (χ1v) is 13.3. The van der Waals surface area contributed by atoms with Crippen LogP contribution in [0.4, 0.5) is 10.6 Å². The van der Waals surface area contributed by atoms with Crippen LogP contribution in [0.5, 0.6) is 0 Å². The van der Waals surface area contributed by atoms with Crippen LogP contribution in [0.1, 0.15) is 18.1 Å². The molecule has 2 amide bonds. The highest BCUT2D eigenvalue weighted by atomic mass is 16.5. The van der Waals surface area contributed by atoms with Crippen molar-refractivity contribution < 1.29 is 9.53 Å². The summed E-state index contributed by atoms with van der Waals surface area (Å²) in [6.45, 7) is 8.19. The first kappa shape index (κ1) is 26.6. The van der Waals surface area contributed by atoms with E-state index in [9.17, 15) is 4.79 Å². The summed E-state index contributed by atoms with van der Waals surface area (Å²) in [5, 5.41) is 15.4. The van der Waals surface area contributed by atoms with Gasteiger partial charge in [-0.05, 0) is 30.5 Å².